The second-order valence-electron chi connectivity index (χ2n) is 8.25. The Morgan fingerprint density at radius 1 is 1.32 bits per heavy atom. The number of aryl methyl sites for hydroxylation is 1. The molecule has 0 unspecified atom stereocenters. The summed E-state index contributed by atoms with van der Waals surface area (Å²) in [5, 5.41) is 0.526. The summed E-state index contributed by atoms with van der Waals surface area (Å²) in [5.74, 6) is 0.421. The van der Waals surface area contributed by atoms with Crippen LogP contribution in [0.3, 0.4) is 0 Å². The molecule has 2 fully saturated rings. The number of ether oxygens (including phenoxy) is 1. The number of nitrogens with zero attached hydrogens (tertiary/aromatic N) is 3. The molecule has 1 saturated heterocycles. The molecule has 0 amide bonds. The van der Waals surface area contributed by atoms with E-state index in [1.807, 2.05) is 0 Å². The van der Waals surface area contributed by atoms with Crippen LogP contribution in [0.1, 0.15) is 61.0 Å². The summed E-state index contributed by atoms with van der Waals surface area (Å²) >= 11 is 0. The van der Waals surface area contributed by atoms with Crippen molar-refractivity contribution in [2.45, 2.75) is 63.6 Å². The zero-order chi connectivity index (χ0) is 19.4. The average molecular weight is 382 g/mol. The van der Waals surface area contributed by atoms with Gasteiger partial charge in [-0.25, -0.2) is 9.78 Å². The molecule has 4 heterocycles. The Bertz CT molecular complexity index is 1010. The van der Waals surface area contributed by atoms with Crippen molar-refractivity contribution >= 4 is 22.7 Å². The van der Waals surface area contributed by atoms with E-state index in [0.717, 1.165) is 62.0 Å². The molecule has 0 spiro atoms. The highest BCUT2D eigenvalue weighted by Gasteiger charge is 2.36. The second-order valence-corrected chi connectivity index (χ2v) is 8.25. The summed E-state index contributed by atoms with van der Waals surface area (Å²) in [7, 11) is 0. The summed E-state index contributed by atoms with van der Waals surface area (Å²) in [6, 6.07) is 0.939. The van der Waals surface area contributed by atoms with Crippen LogP contribution in [0.4, 0.5) is 5.82 Å². The smallest absolute Gasteiger partial charge is 0.343 e. The van der Waals surface area contributed by atoms with E-state index >= 15 is 0 Å². The lowest BCUT2D eigenvalue weighted by molar-refractivity contribution is 0.0524. The number of anilines is 1. The molecule has 1 aliphatic carbocycles. The summed E-state index contributed by atoms with van der Waals surface area (Å²) in [6.07, 6.45) is 9.55. The fourth-order valence-corrected chi connectivity index (χ4v) is 4.87. The Morgan fingerprint density at radius 2 is 2.14 bits per heavy atom. The van der Waals surface area contributed by atoms with Gasteiger partial charge in [-0.3, -0.25) is 4.79 Å². The highest BCUT2D eigenvalue weighted by molar-refractivity contribution is 5.95. The molecule has 148 valence electrons. The van der Waals surface area contributed by atoms with Crippen molar-refractivity contribution in [2.75, 3.05) is 18.1 Å². The maximum absolute atomic E-state index is 13.1. The van der Waals surface area contributed by atoms with Crippen molar-refractivity contribution in [2.24, 2.45) is 5.73 Å². The highest BCUT2D eigenvalue weighted by Crippen LogP contribution is 2.41. The number of rotatable bonds is 3. The first-order valence-corrected chi connectivity index (χ1v) is 10.3. The van der Waals surface area contributed by atoms with Gasteiger partial charge < -0.3 is 19.9 Å². The molecule has 28 heavy (non-hydrogen) atoms. The van der Waals surface area contributed by atoms with Gasteiger partial charge in [0, 0.05) is 42.6 Å². The number of pyridine rings is 2. The molecule has 2 aromatic rings. The third kappa shape index (κ3) is 2.71. The van der Waals surface area contributed by atoms with Gasteiger partial charge in [-0.15, -0.1) is 0 Å². The zero-order valence-electron chi connectivity index (χ0n) is 16.2. The Balaban J connectivity index is 1.75. The highest BCUT2D eigenvalue weighted by atomic mass is 16.5. The monoisotopic (exact) mass is 382 g/mol. The van der Waals surface area contributed by atoms with E-state index in [1.165, 1.54) is 0 Å². The molecule has 1 saturated carbocycles. The summed E-state index contributed by atoms with van der Waals surface area (Å²) in [4.78, 5) is 32.5. The number of hydrogen-bond acceptors (Lipinski definition) is 6. The van der Waals surface area contributed by atoms with Gasteiger partial charge in [0.2, 0.25) is 5.43 Å². The van der Waals surface area contributed by atoms with Crippen molar-refractivity contribution in [1.82, 2.24) is 9.55 Å². The van der Waals surface area contributed by atoms with Crippen molar-refractivity contribution < 1.29 is 9.53 Å². The Hall–Kier alpha value is -2.41. The molecular weight excluding hydrogens is 356 g/mol. The second kappa shape index (κ2) is 6.58. The van der Waals surface area contributed by atoms with Crippen molar-refractivity contribution in [1.29, 1.82) is 0 Å². The number of nitrogens with two attached hydrogens (primary N) is 1. The number of carbonyl (C=O) groups is 1. The van der Waals surface area contributed by atoms with E-state index in [0.29, 0.717) is 17.5 Å². The topological polar surface area (TPSA) is 90.5 Å². The van der Waals surface area contributed by atoms with E-state index in [9.17, 15) is 9.59 Å². The molecule has 7 nitrogen and oxygen atoms in total. The zero-order valence-corrected chi connectivity index (χ0v) is 16.2. The molecule has 2 atom stereocenters. The maximum Gasteiger partial charge on any atom is 0.343 e. The standard InChI is InChI=1S/C21H26N4O3/c1-2-28-21(27)17-11-24(13-6-7-13)18-15-5-3-4-14-8-12(22)10-25(14)20(15)23-9-16(18)19(17)26/h9,11-14H,2-8,10,22H2,1H3/t12-,14+/m0/s1. The summed E-state index contributed by atoms with van der Waals surface area (Å²) < 4.78 is 7.26. The fraction of sp³-hybridized carbons (Fsp3) is 0.571. The molecule has 7 heteroatoms. The summed E-state index contributed by atoms with van der Waals surface area (Å²) in [6.45, 7) is 2.81. The molecule has 0 bridgehead atoms. The number of carbonyl (C=O) groups excluding carboxylic acids is 1. The van der Waals surface area contributed by atoms with Crippen LogP contribution in [-0.2, 0) is 11.2 Å². The Kier molecular flexibility index (Phi) is 4.16. The number of hydrogen-bond donors (Lipinski definition) is 1. The van der Waals surface area contributed by atoms with Crippen LogP contribution >= 0.6 is 0 Å². The lowest BCUT2D eigenvalue weighted by atomic mass is 10.0. The van der Waals surface area contributed by atoms with Crippen LogP contribution in [0, 0.1) is 0 Å². The van der Waals surface area contributed by atoms with E-state index in [4.69, 9.17) is 15.5 Å². The number of aromatic nitrogens is 2. The first-order chi connectivity index (χ1) is 13.6. The van der Waals surface area contributed by atoms with Crippen molar-refractivity contribution in [3.05, 3.63) is 33.7 Å². The van der Waals surface area contributed by atoms with Crippen LogP contribution in [0.2, 0.25) is 0 Å². The Morgan fingerprint density at radius 3 is 2.89 bits per heavy atom. The fourth-order valence-electron chi connectivity index (χ4n) is 4.87. The molecular formula is C21H26N4O3. The SMILES string of the molecule is CCOC(=O)c1cn(C2CC2)c2c3c(ncc2c1=O)N1C[C@@H](N)C[C@H]1CCC3. The van der Waals surface area contributed by atoms with Crippen LogP contribution < -0.4 is 16.1 Å². The predicted octanol–water partition coefficient (Wildman–Crippen LogP) is 2.15. The third-order valence-electron chi connectivity index (χ3n) is 6.26. The first-order valence-electron chi connectivity index (χ1n) is 10.3. The molecule has 3 aliphatic rings. The van der Waals surface area contributed by atoms with Gasteiger partial charge in [0.15, 0.2) is 0 Å². The van der Waals surface area contributed by atoms with Gasteiger partial charge in [-0.05, 0) is 45.4 Å². The lowest BCUT2D eigenvalue weighted by Gasteiger charge is -2.26. The van der Waals surface area contributed by atoms with E-state index in [2.05, 4.69) is 9.47 Å². The molecule has 0 radical (unpaired) electrons. The first kappa shape index (κ1) is 17.7. The van der Waals surface area contributed by atoms with E-state index in [-0.39, 0.29) is 23.6 Å². The van der Waals surface area contributed by atoms with E-state index in [1.54, 1.807) is 19.3 Å². The van der Waals surface area contributed by atoms with Gasteiger partial charge in [-0.1, -0.05) is 0 Å². The van der Waals surface area contributed by atoms with Gasteiger partial charge in [0.25, 0.3) is 0 Å². The number of fused-ring (bicyclic) bond motifs is 5. The molecule has 5 rings (SSSR count). The normalized spacial score (nSPS) is 24.0. The minimum Gasteiger partial charge on any atom is -0.462 e. The minimum absolute atomic E-state index is 0.109. The molecule has 2 aliphatic heterocycles. The quantitative estimate of drug-likeness (QED) is 0.818. The van der Waals surface area contributed by atoms with Crippen LogP contribution in [0.15, 0.2) is 17.2 Å². The molecule has 2 N–H and O–H groups in total. The van der Waals surface area contributed by atoms with Crippen LogP contribution in [-0.4, -0.2) is 40.8 Å². The molecule has 2 aromatic heterocycles. The minimum atomic E-state index is -0.552. The van der Waals surface area contributed by atoms with Gasteiger partial charge in [-0.2, -0.15) is 0 Å². The van der Waals surface area contributed by atoms with Gasteiger partial charge in [0.05, 0.1) is 17.5 Å². The van der Waals surface area contributed by atoms with E-state index < -0.39 is 5.97 Å². The Labute approximate surface area is 163 Å². The van der Waals surface area contributed by atoms with Crippen molar-refractivity contribution in [3.8, 4) is 0 Å². The lowest BCUT2D eigenvalue weighted by Crippen LogP contribution is -2.31. The van der Waals surface area contributed by atoms with Crippen LogP contribution in [0.25, 0.3) is 10.9 Å². The largest absolute Gasteiger partial charge is 0.462 e. The maximum atomic E-state index is 13.1. The number of esters is 1. The summed E-state index contributed by atoms with van der Waals surface area (Å²) in [5.41, 5.74) is 8.15. The van der Waals surface area contributed by atoms with Gasteiger partial charge in [0.1, 0.15) is 11.4 Å². The average Bonchev–Trinajstić information content (AvgIpc) is 3.47. The van der Waals surface area contributed by atoms with Crippen molar-refractivity contribution in [3.63, 3.8) is 0 Å². The van der Waals surface area contributed by atoms with Gasteiger partial charge >= 0.3 is 5.97 Å². The predicted molar refractivity (Wildman–Crippen MR) is 107 cm³/mol. The molecule has 0 aromatic carbocycles. The van der Waals surface area contributed by atoms with Crippen LogP contribution in [0.5, 0.6) is 0 Å². The third-order valence-corrected chi connectivity index (χ3v) is 6.26.